The van der Waals surface area contributed by atoms with E-state index in [1.54, 1.807) is 0 Å². The lowest BCUT2D eigenvalue weighted by molar-refractivity contribution is -0.187. The molecule has 4 aliphatic rings. The summed E-state index contributed by atoms with van der Waals surface area (Å²) in [5.74, 6) is 1.12. The molecule has 4 aliphatic carbocycles. The zero-order valence-corrected chi connectivity index (χ0v) is 13.5. The standard InChI is InChI=1S/C17H26O6/c18-15(19)11-22-4-3-21-2-1-16(20)23-17-8-12-5-13(9-17)7-14(6-12)10-17/h12-14H,1-11H2,(H,18,19). The third kappa shape index (κ3) is 4.44. The summed E-state index contributed by atoms with van der Waals surface area (Å²) in [6.45, 7) is 0.479. The molecule has 0 aromatic carbocycles. The lowest BCUT2D eigenvalue weighted by Gasteiger charge is -2.55. The minimum absolute atomic E-state index is 0.168. The van der Waals surface area contributed by atoms with Crippen LogP contribution in [0.4, 0.5) is 0 Å². The van der Waals surface area contributed by atoms with Gasteiger partial charge in [-0.2, -0.15) is 0 Å². The number of carboxylic acid groups (broad SMARTS) is 1. The smallest absolute Gasteiger partial charge is 0.329 e. The molecule has 0 aliphatic heterocycles. The number of aliphatic carboxylic acids is 1. The molecule has 0 aromatic rings. The normalized spacial score (nSPS) is 34.5. The minimum atomic E-state index is -0.996. The van der Waals surface area contributed by atoms with Gasteiger partial charge in [-0.1, -0.05) is 0 Å². The fourth-order valence-electron chi connectivity index (χ4n) is 4.98. The van der Waals surface area contributed by atoms with Gasteiger partial charge in [-0.25, -0.2) is 4.79 Å². The van der Waals surface area contributed by atoms with Crippen molar-refractivity contribution in [2.75, 3.05) is 26.4 Å². The Kier molecular flexibility index (Phi) is 5.21. The Labute approximate surface area is 136 Å². The maximum atomic E-state index is 12.1. The van der Waals surface area contributed by atoms with Crippen molar-refractivity contribution >= 4 is 11.9 Å². The van der Waals surface area contributed by atoms with Gasteiger partial charge in [0, 0.05) is 0 Å². The van der Waals surface area contributed by atoms with Crippen LogP contribution >= 0.6 is 0 Å². The first-order valence-electron chi connectivity index (χ1n) is 8.64. The molecule has 4 fully saturated rings. The molecule has 0 radical (unpaired) electrons. The predicted octanol–water partition coefficient (Wildman–Crippen LogP) is 2.01. The molecule has 0 atom stereocenters. The van der Waals surface area contributed by atoms with Crippen LogP contribution in [0.15, 0.2) is 0 Å². The molecule has 4 rings (SSSR count). The van der Waals surface area contributed by atoms with Gasteiger partial charge in [0.2, 0.25) is 0 Å². The molecule has 4 saturated carbocycles. The first-order chi connectivity index (χ1) is 11.0. The van der Waals surface area contributed by atoms with E-state index in [9.17, 15) is 9.59 Å². The SMILES string of the molecule is O=C(O)COCCOCCC(=O)OC12CC3CC(CC(C3)C1)C2. The van der Waals surface area contributed by atoms with Crippen molar-refractivity contribution in [3.05, 3.63) is 0 Å². The molecular weight excluding hydrogens is 300 g/mol. The van der Waals surface area contributed by atoms with Crippen LogP contribution in [0.5, 0.6) is 0 Å². The van der Waals surface area contributed by atoms with Gasteiger partial charge in [0.15, 0.2) is 0 Å². The summed E-state index contributed by atoms with van der Waals surface area (Å²) in [5, 5.41) is 8.41. The van der Waals surface area contributed by atoms with E-state index in [1.165, 1.54) is 19.3 Å². The van der Waals surface area contributed by atoms with Gasteiger partial charge in [0.1, 0.15) is 12.2 Å². The van der Waals surface area contributed by atoms with Crippen LogP contribution in [0.2, 0.25) is 0 Å². The topological polar surface area (TPSA) is 82.1 Å². The highest BCUT2D eigenvalue weighted by molar-refractivity contribution is 5.70. The van der Waals surface area contributed by atoms with Crippen molar-refractivity contribution in [1.82, 2.24) is 0 Å². The summed E-state index contributed by atoms with van der Waals surface area (Å²) in [6.07, 6.45) is 7.39. The molecule has 4 bridgehead atoms. The highest BCUT2D eigenvalue weighted by Crippen LogP contribution is 2.57. The van der Waals surface area contributed by atoms with Crippen LogP contribution in [-0.4, -0.2) is 49.1 Å². The summed E-state index contributed by atoms with van der Waals surface area (Å²) in [4.78, 5) is 22.3. The quantitative estimate of drug-likeness (QED) is 0.515. The van der Waals surface area contributed by atoms with Gasteiger partial charge < -0.3 is 19.3 Å². The van der Waals surface area contributed by atoms with Gasteiger partial charge in [-0.15, -0.1) is 0 Å². The Morgan fingerprint density at radius 1 is 0.913 bits per heavy atom. The maximum Gasteiger partial charge on any atom is 0.329 e. The van der Waals surface area contributed by atoms with Crippen molar-refractivity contribution in [3.8, 4) is 0 Å². The molecule has 0 spiro atoms. The molecular formula is C17H26O6. The van der Waals surface area contributed by atoms with E-state index in [2.05, 4.69) is 0 Å². The second-order valence-corrected chi connectivity index (χ2v) is 7.38. The van der Waals surface area contributed by atoms with Gasteiger partial charge in [-0.05, 0) is 56.3 Å². The fraction of sp³-hybridized carbons (Fsp3) is 0.882. The van der Waals surface area contributed by atoms with Gasteiger partial charge in [0.05, 0.1) is 26.2 Å². The number of carbonyl (C=O) groups is 2. The van der Waals surface area contributed by atoms with Crippen LogP contribution in [0.3, 0.4) is 0 Å². The Morgan fingerprint density at radius 3 is 2.04 bits per heavy atom. The van der Waals surface area contributed by atoms with E-state index in [-0.39, 0.29) is 37.8 Å². The van der Waals surface area contributed by atoms with E-state index >= 15 is 0 Å². The lowest BCUT2D eigenvalue weighted by atomic mass is 9.54. The van der Waals surface area contributed by atoms with E-state index in [0.29, 0.717) is 6.61 Å². The second kappa shape index (κ2) is 7.18. The summed E-state index contributed by atoms with van der Waals surface area (Å²) < 4.78 is 16.0. The van der Waals surface area contributed by atoms with Gasteiger partial charge in [0.25, 0.3) is 0 Å². The molecule has 130 valence electrons. The van der Waals surface area contributed by atoms with Crippen LogP contribution in [0, 0.1) is 17.8 Å². The number of hydrogen-bond donors (Lipinski definition) is 1. The molecule has 0 saturated heterocycles. The Balaban J connectivity index is 1.32. The first-order valence-corrected chi connectivity index (χ1v) is 8.64. The molecule has 23 heavy (non-hydrogen) atoms. The maximum absolute atomic E-state index is 12.1. The summed E-state index contributed by atoms with van der Waals surface area (Å²) in [6, 6.07) is 0. The number of hydrogen-bond acceptors (Lipinski definition) is 5. The molecule has 0 unspecified atom stereocenters. The number of carboxylic acids is 1. The monoisotopic (exact) mass is 326 g/mol. The van der Waals surface area contributed by atoms with E-state index in [4.69, 9.17) is 19.3 Å². The fourth-order valence-corrected chi connectivity index (χ4v) is 4.98. The Hall–Kier alpha value is -1.14. The molecule has 0 aromatic heterocycles. The summed E-state index contributed by atoms with van der Waals surface area (Å²) in [7, 11) is 0. The van der Waals surface area contributed by atoms with Crippen molar-refractivity contribution in [3.63, 3.8) is 0 Å². The zero-order valence-electron chi connectivity index (χ0n) is 13.5. The third-order valence-corrected chi connectivity index (χ3v) is 5.36. The third-order valence-electron chi connectivity index (χ3n) is 5.36. The highest BCUT2D eigenvalue weighted by Gasteiger charge is 2.53. The second-order valence-electron chi connectivity index (χ2n) is 7.38. The van der Waals surface area contributed by atoms with Crippen LogP contribution in [-0.2, 0) is 23.8 Å². The van der Waals surface area contributed by atoms with E-state index in [1.807, 2.05) is 0 Å². The summed E-state index contributed by atoms with van der Waals surface area (Å²) in [5.41, 5.74) is -0.184. The predicted molar refractivity (Wildman–Crippen MR) is 80.9 cm³/mol. The van der Waals surface area contributed by atoms with Crippen molar-refractivity contribution < 1.29 is 28.9 Å². The van der Waals surface area contributed by atoms with Crippen molar-refractivity contribution in [2.45, 2.75) is 50.5 Å². The molecule has 6 nitrogen and oxygen atoms in total. The number of rotatable bonds is 9. The Morgan fingerprint density at radius 2 is 1.48 bits per heavy atom. The highest BCUT2D eigenvalue weighted by atomic mass is 16.6. The van der Waals surface area contributed by atoms with Crippen LogP contribution in [0.1, 0.15) is 44.9 Å². The first kappa shape index (κ1) is 16.7. The van der Waals surface area contributed by atoms with E-state index < -0.39 is 5.97 Å². The molecule has 6 heteroatoms. The van der Waals surface area contributed by atoms with Gasteiger partial charge >= 0.3 is 11.9 Å². The number of esters is 1. The molecule has 1 N–H and O–H groups in total. The average Bonchev–Trinajstić information content (AvgIpc) is 2.43. The minimum Gasteiger partial charge on any atom is -0.480 e. The molecule has 0 amide bonds. The molecule has 0 heterocycles. The largest absolute Gasteiger partial charge is 0.480 e. The zero-order chi connectivity index (χ0) is 16.3. The summed E-state index contributed by atoms with van der Waals surface area (Å²) >= 11 is 0. The van der Waals surface area contributed by atoms with Crippen molar-refractivity contribution in [2.24, 2.45) is 17.8 Å². The van der Waals surface area contributed by atoms with Gasteiger partial charge in [-0.3, -0.25) is 4.79 Å². The number of carbonyl (C=O) groups excluding carboxylic acids is 1. The number of ether oxygens (including phenoxy) is 3. The van der Waals surface area contributed by atoms with Crippen LogP contribution < -0.4 is 0 Å². The van der Waals surface area contributed by atoms with Crippen molar-refractivity contribution in [1.29, 1.82) is 0 Å². The lowest BCUT2D eigenvalue weighted by Crippen LogP contribution is -2.52. The van der Waals surface area contributed by atoms with E-state index in [0.717, 1.165) is 37.0 Å². The Bertz CT molecular complexity index is 411. The van der Waals surface area contributed by atoms with Crippen LogP contribution in [0.25, 0.3) is 0 Å². The average molecular weight is 326 g/mol.